The van der Waals surface area contributed by atoms with Crippen molar-refractivity contribution in [2.24, 2.45) is 11.8 Å². The summed E-state index contributed by atoms with van der Waals surface area (Å²) in [5.41, 5.74) is 2.30. The van der Waals surface area contributed by atoms with Gasteiger partial charge in [-0.25, -0.2) is 9.97 Å². The molecule has 0 aliphatic heterocycles. The minimum atomic E-state index is -0.0403. The molecule has 2 aliphatic carbocycles. The molecule has 3 N–H and O–H groups in total. The molecule has 0 aromatic carbocycles. The maximum Gasteiger partial charge on any atom is 0.255 e. The molecule has 7 nitrogen and oxygen atoms in total. The molecule has 172 valence electrons. The average Bonchev–Trinajstić information content (AvgIpc) is 3.63. The van der Waals surface area contributed by atoms with Gasteiger partial charge in [0, 0.05) is 42.1 Å². The molecule has 1 amide bonds. The third-order valence-electron chi connectivity index (χ3n) is 6.88. The highest BCUT2D eigenvalue weighted by atomic mass is 16.1. The summed E-state index contributed by atoms with van der Waals surface area (Å²) >= 11 is 0. The van der Waals surface area contributed by atoms with Gasteiger partial charge in [-0.15, -0.1) is 0 Å². The molecule has 33 heavy (non-hydrogen) atoms. The number of amides is 1. The molecule has 0 bridgehead atoms. The summed E-state index contributed by atoms with van der Waals surface area (Å²) in [6, 6.07) is 8.37. The van der Waals surface area contributed by atoms with Crippen LogP contribution in [0.15, 0.2) is 42.9 Å². The summed E-state index contributed by atoms with van der Waals surface area (Å²) in [7, 11) is 0. The second-order valence-electron chi connectivity index (χ2n) is 9.75. The van der Waals surface area contributed by atoms with Gasteiger partial charge in [0.15, 0.2) is 0 Å². The third kappa shape index (κ3) is 5.24. The fraction of sp³-hybridized carbons (Fsp3) is 0.462. The van der Waals surface area contributed by atoms with Crippen LogP contribution in [0, 0.1) is 11.8 Å². The van der Waals surface area contributed by atoms with E-state index in [4.69, 9.17) is 0 Å². The lowest BCUT2D eigenvalue weighted by Crippen LogP contribution is -2.38. The summed E-state index contributed by atoms with van der Waals surface area (Å²) in [6.45, 7) is 4.59. The van der Waals surface area contributed by atoms with Gasteiger partial charge in [-0.2, -0.15) is 0 Å². The van der Waals surface area contributed by atoms with Crippen molar-refractivity contribution in [3.63, 3.8) is 0 Å². The van der Waals surface area contributed by atoms with Gasteiger partial charge in [-0.1, -0.05) is 13.8 Å². The van der Waals surface area contributed by atoms with Crippen LogP contribution >= 0.6 is 0 Å². The Kier molecular flexibility index (Phi) is 6.11. The van der Waals surface area contributed by atoms with Crippen molar-refractivity contribution in [3.8, 4) is 0 Å². The smallest absolute Gasteiger partial charge is 0.255 e. The van der Waals surface area contributed by atoms with Gasteiger partial charge in [0.1, 0.15) is 11.6 Å². The molecule has 2 saturated carbocycles. The standard InChI is InChI=1S/C26H32N6O/c1-16(2)17-3-6-20(7-4-17)30-26(33)21-15-28-25(13-23(21)29-19-8-9-19)32-24-10-5-18-14-27-12-11-22(18)31-24/h5,10-17,19-20H,3-4,6-9H2,1-2H3,(H,30,33)(H2,28,29,31,32). The molecule has 2 fully saturated rings. The minimum absolute atomic E-state index is 0.0403. The molecule has 0 unspecified atom stereocenters. The summed E-state index contributed by atoms with van der Waals surface area (Å²) < 4.78 is 0. The second-order valence-corrected chi connectivity index (χ2v) is 9.75. The number of carbonyl (C=O) groups excluding carboxylic acids is 1. The van der Waals surface area contributed by atoms with Crippen LogP contribution in [0.4, 0.5) is 17.3 Å². The van der Waals surface area contributed by atoms with Crippen LogP contribution in [0.5, 0.6) is 0 Å². The maximum atomic E-state index is 13.1. The first-order valence-electron chi connectivity index (χ1n) is 12.1. The Hall–Kier alpha value is -3.22. The Morgan fingerprint density at radius 1 is 0.970 bits per heavy atom. The number of hydrogen-bond acceptors (Lipinski definition) is 6. The van der Waals surface area contributed by atoms with Crippen molar-refractivity contribution in [1.29, 1.82) is 0 Å². The van der Waals surface area contributed by atoms with E-state index in [9.17, 15) is 4.79 Å². The van der Waals surface area contributed by atoms with Gasteiger partial charge in [0.2, 0.25) is 0 Å². The average molecular weight is 445 g/mol. The zero-order valence-corrected chi connectivity index (χ0v) is 19.3. The molecular weight excluding hydrogens is 412 g/mol. The number of carbonyl (C=O) groups is 1. The monoisotopic (exact) mass is 444 g/mol. The van der Waals surface area contributed by atoms with E-state index in [1.54, 1.807) is 18.6 Å². The molecule has 0 saturated heterocycles. The van der Waals surface area contributed by atoms with Gasteiger partial charge >= 0.3 is 0 Å². The van der Waals surface area contributed by atoms with Crippen LogP contribution in [0.3, 0.4) is 0 Å². The third-order valence-corrected chi connectivity index (χ3v) is 6.88. The van der Waals surface area contributed by atoms with Crippen molar-refractivity contribution >= 4 is 34.1 Å². The summed E-state index contributed by atoms with van der Waals surface area (Å²) in [6.07, 6.45) is 11.9. The van der Waals surface area contributed by atoms with E-state index in [-0.39, 0.29) is 11.9 Å². The van der Waals surface area contributed by atoms with Crippen molar-refractivity contribution in [1.82, 2.24) is 20.3 Å². The number of hydrogen-bond donors (Lipinski definition) is 3. The van der Waals surface area contributed by atoms with E-state index in [1.165, 1.54) is 12.8 Å². The number of pyridine rings is 3. The number of rotatable bonds is 7. The molecule has 5 rings (SSSR count). The van der Waals surface area contributed by atoms with E-state index in [0.717, 1.165) is 48.2 Å². The number of nitrogens with zero attached hydrogens (tertiary/aromatic N) is 3. The van der Waals surface area contributed by atoms with Gasteiger partial charge in [-0.3, -0.25) is 9.78 Å². The summed E-state index contributed by atoms with van der Waals surface area (Å²) in [5.74, 6) is 2.82. The molecule has 3 aromatic rings. The quantitative estimate of drug-likeness (QED) is 0.459. The predicted octanol–water partition coefficient (Wildman–Crippen LogP) is 5.29. The normalized spacial score (nSPS) is 20.6. The van der Waals surface area contributed by atoms with Crippen LogP contribution in [-0.4, -0.2) is 32.9 Å². The van der Waals surface area contributed by atoms with Crippen LogP contribution in [-0.2, 0) is 0 Å². The van der Waals surface area contributed by atoms with Crippen molar-refractivity contribution in [2.45, 2.75) is 64.5 Å². The molecule has 0 atom stereocenters. The first kappa shape index (κ1) is 21.6. The highest BCUT2D eigenvalue weighted by Crippen LogP contribution is 2.31. The maximum absolute atomic E-state index is 13.1. The molecule has 3 aromatic heterocycles. The predicted molar refractivity (Wildman–Crippen MR) is 132 cm³/mol. The van der Waals surface area contributed by atoms with E-state index in [0.29, 0.717) is 29.2 Å². The van der Waals surface area contributed by atoms with E-state index >= 15 is 0 Å². The lowest BCUT2D eigenvalue weighted by molar-refractivity contribution is 0.0918. The van der Waals surface area contributed by atoms with Crippen LogP contribution in [0.25, 0.3) is 10.9 Å². The van der Waals surface area contributed by atoms with Gasteiger partial charge in [0.25, 0.3) is 5.91 Å². The first-order valence-corrected chi connectivity index (χ1v) is 12.1. The van der Waals surface area contributed by atoms with E-state index < -0.39 is 0 Å². The van der Waals surface area contributed by atoms with Crippen LogP contribution in [0.2, 0.25) is 0 Å². The number of aromatic nitrogens is 3. The Balaban J connectivity index is 1.30. The van der Waals surface area contributed by atoms with Gasteiger partial charge in [0.05, 0.1) is 16.8 Å². The number of fused-ring (bicyclic) bond motifs is 1. The highest BCUT2D eigenvalue weighted by molar-refractivity contribution is 6.00. The molecule has 0 radical (unpaired) electrons. The Bertz CT molecular complexity index is 1130. The highest BCUT2D eigenvalue weighted by Gasteiger charge is 2.27. The largest absolute Gasteiger partial charge is 0.382 e. The van der Waals surface area contributed by atoms with Crippen LogP contribution < -0.4 is 16.0 Å². The fourth-order valence-corrected chi connectivity index (χ4v) is 4.63. The Labute approximate surface area is 194 Å². The SMILES string of the molecule is CC(C)C1CCC(NC(=O)c2cnc(Nc3ccc4cnccc4n3)cc2NC2CC2)CC1. The van der Waals surface area contributed by atoms with Crippen molar-refractivity contribution in [3.05, 3.63) is 48.4 Å². The first-order chi connectivity index (χ1) is 16.0. The second kappa shape index (κ2) is 9.33. The van der Waals surface area contributed by atoms with Gasteiger partial charge in [-0.05, 0) is 68.6 Å². The Morgan fingerprint density at radius 2 is 1.76 bits per heavy atom. The lowest BCUT2D eigenvalue weighted by atomic mass is 9.79. The zero-order valence-electron chi connectivity index (χ0n) is 19.3. The zero-order chi connectivity index (χ0) is 22.8. The molecule has 3 heterocycles. The molecular formula is C26H32N6O. The summed E-state index contributed by atoms with van der Waals surface area (Å²) in [5, 5.41) is 11.0. The Morgan fingerprint density at radius 3 is 2.52 bits per heavy atom. The van der Waals surface area contributed by atoms with Gasteiger partial charge < -0.3 is 16.0 Å². The fourth-order valence-electron chi connectivity index (χ4n) is 4.63. The molecule has 7 heteroatoms. The van der Waals surface area contributed by atoms with Crippen LogP contribution in [0.1, 0.15) is 62.7 Å². The molecule has 0 spiro atoms. The topological polar surface area (TPSA) is 91.8 Å². The van der Waals surface area contributed by atoms with Crippen molar-refractivity contribution in [2.75, 3.05) is 10.6 Å². The lowest BCUT2D eigenvalue weighted by Gasteiger charge is -2.31. The molecule has 2 aliphatic rings. The minimum Gasteiger partial charge on any atom is -0.382 e. The van der Waals surface area contributed by atoms with E-state index in [2.05, 4.69) is 44.7 Å². The number of nitrogens with one attached hydrogen (secondary N) is 3. The summed E-state index contributed by atoms with van der Waals surface area (Å²) in [4.78, 5) is 26.4. The van der Waals surface area contributed by atoms with E-state index in [1.807, 2.05) is 24.3 Å². The number of anilines is 3. The van der Waals surface area contributed by atoms with Crippen molar-refractivity contribution < 1.29 is 4.79 Å².